The summed E-state index contributed by atoms with van der Waals surface area (Å²) in [5.41, 5.74) is 2.84. The Morgan fingerprint density at radius 3 is 2.29 bits per heavy atom. The number of thioether (sulfide) groups is 1. The highest BCUT2D eigenvalue weighted by Gasteiger charge is 2.93. The minimum atomic E-state index is -0.850. The van der Waals surface area contributed by atoms with Crippen molar-refractivity contribution < 1.29 is 14.3 Å². The molecule has 0 amide bonds. The fourth-order valence-corrected chi connectivity index (χ4v) is 6.41. The van der Waals surface area contributed by atoms with Gasteiger partial charge >= 0.3 is 5.97 Å². The van der Waals surface area contributed by atoms with Crippen LogP contribution >= 0.6 is 11.8 Å². The molecular formula is C20H16O3S. The Balaban J connectivity index is 1.91. The van der Waals surface area contributed by atoms with Gasteiger partial charge in [-0.1, -0.05) is 60.3 Å². The molecule has 2 aromatic rings. The van der Waals surface area contributed by atoms with Crippen LogP contribution in [0, 0.1) is 5.41 Å². The van der Waals surface area contributed by atoms with Crippen LogP contribution in [0.25, 0.3) is 0 Å². The van der Waals surface area contributed by atoms with Crippen LogP contribution in [0.3, 0.4) is 0 Å². The van der Waals surface area contributed by atoms with E-state index in [1.807, 2.05) is 36.6 Å². The van der Waals surface area contributed by atoms with Crippen molar-refractivity contribution in [3.8, 4) is 0 Å². The lowest BCUT2D eigenvalue weighted by molar-refractivity contribution is -0.145. The molecule has 4 atom stereocenters. The first-order valence-electron chi connectivity index (χ1n) is 8.02. The van der Waals surface area contributed by atoms with Crippen LogP contribution < -0.4 is 0 Å². The average Bonchev–Trinajstić information content (AvgIpc) is 3.06. The molecule has 0 radical (unpaired) electrons. The maximum Gasteiger partial charge on any atom is 0.318 e. The van der Waals surface area contributed by atoms with Gasteiger partial charge in [0.1, 0.15) is 5.41 Å². The van der Waals surface area contributed by atoms with Gasteiger partial charge in [0.25, 0.3) is 0 Å². The normalized spacial score (nSPS) is 33.4. The van der Waals surface area contributed by atoms with Crippen molar-refractivity contribution in [3.05, 3.63) is 70.8 Å². The van der Waals surface area contributed by atoms with E-state index < -0.39 is 10.8 Å². The summed E-state index contributed by atoms with van der Waals surface area (Å²) in [5, 5.41) is 0.0929. The third-order valence-corrected chi connectivity index (χ3v) is 6.97. The molecule has 0 heterocycles. The first kappa shape index (κ1) is 14.3. The highest BCUT2D eigenvalue weighted by Crippen LogP contribution is 2.90. The van der Waals surface area contributed by atoms with Gasteiger partial charge in [-0.15, -0.1) is 0 Å². The molecule has 3 aliphatic rings. The first-order chi connectivity index (χ1) is 11.7. The summed E-state index contributed by atoms with van der Waals surface area (Å²) in [6.07, 6.45) is 1.81. The summed E-state index contributed by atoms with van der Waals surface area (Å²) >= 11 is 1.23. The molecule has 0 spiro atoms. The Bertz CT molecular complexity index is 921. The number of ether oxygens (including phenoxy) is 1. The van der Waals surface area contributed by atoms with Crippen LogP contribution in [0.5, 0.6) is 0 Å². The molecule has 0 saturated heterocycles. The lowest BCUT2D eigenvalue weighted by Gasteiger charge is -2.21. The standard InChI is InChI=1S/C20H16O3S/c1-23-17(21)19-14-10-6-5-9-13(14)15-11-7-3-4-8-12(11)16(19)20(15,19)18(22)24-2/h3-10,15-16H,1-2H3/t15-,16+,19-,20+/m0/s1. The molecule has 5 rings (SSSR count). The maximum atomic E-state index is 13.2. The Hall–Kier alpha value is -2.07. The van der Waals surface area contributed by atoms with Gasteiger partial charge in [-0.2, -0.15) is 0 Å². The van der Waals surface area contributed by atoms with Crippen LogP contribution in [0.4, 0.5) is 0 Å². The quantitative estimate of drug-likeness (QED) is 0.790. The van der Waals surface area contributed by atoms with Gasteiger partial charge < -0.3 is 4.74 Å². The van der Waals surface area contributed by atoms with Crippen molar-refractivity contribution in [3.63, 3.8) is 0 Å². The van der Waals surface area contributed by atoms with Crippen LogP contribution in [0.2, 0.25) is 0 Å². The molecular weight excluding hydrogens is 320 g/mol. The monoisotopic (exact) mass is 336 g/mol. The molecule has 0 aliphatic heterocycles. The second-order valence-corrected chi connectivity index (χ2v) is 7.52. The number of carbonyl (C=O) groups is 2. The summed E-state index contributed by atoms with van der Waals surface area (Å²) < 4.78 is 5.22. The molecule has 3 aliphatic carbocycles. The number of hydrogen-bond donors (Lipinski definition) is 0. The van der Waals surface area contributed by atoms with Crippen LogP contribution in [0.1, 0.15) is 34.1 Å². The van der Waals surface area contributed by atoms with E-state index in [1.54, 1.807) is 0 Å². The van der Waals surface area contributed by atoms with Crippen molar-refractivity contribution >= 4 is 22.8 Å². The first-order valence-corrected chi connectivity index (χ1v) is 9.24. The van der Waals surface area contributed by atoms with E-state index in [4.69, 9.17) is 4.74 Å². The fourth-order valence-electron chi connectivity index (χ4n) is 5.67. The molecule has 3 nitrogen and oxygen atoms in total. The molecule has 120 valence electrons. The Kier molecular flexibility index (Phi) is 2.56. The van der Waals surface area contributed by atoms with Crippen LogP contribution in [-0.2, 0) is 19.7 Å². The van der Waals surface area contributed by atoms with E-state index in [0.29, 0.717) is 0 Å². The molecule has 0 bridgehead atoms. The van der Waals surface area contributed by atoms with E-state index in [1.165, 1.54) is 24.4 Å². The van der Waals surface area contributed by atoms with Crippen molar-refractivity contribution in [1.82, 2.24) is 0 Å². The third-order valence-electron chi connectivity index (χ3n) is 6.26. The van der Waals surface area contributed by atoms with E-state index >= 15 is 0 Å². The van der Waals surface area contributed by atoms with Gasteiger partial charge in [0, 0.05) is 11.8 Å². The van der Waals surface area contributed by atoms with E-state index in [2.05, 4.69) is 18.2 Å². The second kappa shape index (κ2) is 4.31. The zero-order chi connectivity index (χ0) is 16.7. The summed E-state index contributed by atoms with van der Waals surface area (Å²) in [4.78, 5) is 26.1. The summed E-state index contributed by atoms with van der Waals surface area (Å²) in [6.45, 7) is 0. The minimum Gasteiger partial charge on any atom is -0.468 e. The Morgan fingerprint density at radius 2 is 1.62 bits per heavy atom. The number of esters is 1. The Labute approximate surface area is 144 Å². The molecule has 2 aromatic carbocycles. The second-order valence-electron chi connectivity index (χ2n) is 6.74. The van der Waals surface area contributed by atoms with Crippen LogP contribution in [-0.4, -0.2) is 24.5 Å². The third kappa shape index (κ3) is 1.15. The molecule has 0 unspecified atom stereocenters. The Morgan fingerprint density at radius 1 is 1.00 bits per heavy atom. The largest absolute Gasteiger partial charge is 0.468 e. The van der Waals surface area contributed by atoms with Gasteiger partial charge in [-0.25, -0.2) is 0 Å². The molecule has 1 saturated carbocycles. The molecule has 24 heavy (non-hydrogen) atoms. The summed E-state index contributed by atoms with van der Waals surface area (Å²) in [7, 11) is 1.42. The van der Waals surface area contributed by atoms with Crippen molar-refractivity contribution in [2.24, 2.45) is 5.41 Å². The summed E-state index contributed by atoms with van der Waals surface area (Å²) in [5.74, 6) is -0.429. The van der Waals surface area contributed by atoms with Gasteiger partial charge in [0.15, 0.2) is 5.12 Å². The number of benzene rings is 2. The molecule has 0 aromatic heterocycles. The zero-order valence-corrected chi connectivity index (χ0v) is 14.2. The van der Waals surface area contributed by atoms with Crippen molar-refractivity contribution in [2.45, 2.75) is 17.3 Å². The SMILES string of the molecule is COC(=O)[C@]12c3ccccc3[C@@H]3c4ccccc4[C@H]1[C@@]32C(=O)SC. The highest BCUT2D eigenvalue weighted by molar-refractivity contribution is 8.13. The predicted octanol–water partition coefficient (Wildman–Crippen LogP) is 3.23. The number of methoxy groups -OCH3 is 1. The lowest BCUT2D eigenvalue weighted by Crippen LogP contribution is -2.32. The van der Waals surface area contributed by atoms with E-state index in [0.717, 1.165) is 16.7 Å². The summed E-state index contributed by atoms with van der Waals surface area (Å²) in [6, 6.07) is 16.2. The molecule has 1 fully saturated rings. The molecule has 4 heteroatoms. The fraction of sp³-hybridized carbons (Fsp3) is 0.300. The smallest absolute Gasteiger partial charge is 0.318 e. The highest BCUT2D eigenvalue weighted by atomic mass is 32.2. The topological polar surface area (TPSA) is 43.4 Å². The van der Waals surface area contributed by atoms with Crippen molar-refractivity contribution in [2.75, 3.05) is 13.4 Å². The van der Waals surface area contributed by atoms with E-state index in [-0.39, 0.29) is 22.9 Å². The van der Waals surface area contributed by atoms with Crippen LogP contribution in [0.15, 0.2) is 48.5 Å². The lowest BCUT2D eigenvalue weighted by atomic mass is 9.83. The zero-order valence-electron chi connectivity index (χ0n) is 13.4. The number of hydrogen-bond acceptors (Lipinski definition) is 4. The van der Waals surface area contributed by atoms with Gasteiger partial charge in [0.2, 0.25) is 0 Å². The number of fused-ring (bicyclic) bond motifs is 7. The molecule has 0 N–H and O–H groups in total. The van der Waals surface area contributed by atoms with Gasteiger partial charge in [-0.3, -0.25) is 9.59 Å². The predicted molar refractivity (Wildman–Crippen MR) is 92.1 cm³/mol. The number of rotatable bonds is 2. The van der Waals surface area contributed by atoms with E-state index in [9.17, 15) is 9.59 Å². The van der Waals surface area contributed by atoms with Gasteiger partial charge in [-0.05, 0) is 28.5 Å². The number of carbonyl (C=O) groups excluding carboxylic acids is 2. The van der Waals surface area contributed by atoms with Crippen molar-refractivity contribution in [1.29, 1.82) is 0 Å². The maximum absolute atomic E-state index is 13.2. The minimum absolute atomic E-state index is 0.0473. The van der Waals surface area contributed by atoms with Gasteiger partial charge in [0.05, 0.1) is 12.5 Å². The average molecular weight is 336 g/mol.